The number of hydrogen-bond acceptors (Lipinski definition) is 2. The second-order valence-corrected chi connectivity index (χ2v) is 4.15. The van der Waals surface area contributed by atoms with Crippen molar-refractivity contribution in [3.8, 4) is 11.1 Å². The maximum Gasteiger partial charge on any atom is 0.0453 e. The fraction of sp³-hybridized carbons (Fsp3) is 0.143. The molecule has 0 aliphatic rings. The number of hydrogen-bond donors (Lipinski definition) is 0. The van der Waals surface area contributed by atoms with E-state index >= 15 is 0 Å². The summed E-state index contributed by atoms with van der Waals surface area (Å²) in [7, 11) is 4.01. The van der Waals surface area contributed by atoms with E-state index < -0.39 is 0 Å². The van der Waals surface area contributed by atoms with E-state index in [1.807, 2.05) is 67.5 Å². The lowest BCUT2D eigenvalue weighted by Crippen LogP contribution is -2.07. The lowest BCUT2D eigenvalue weighted by Gasteiger charge is -2.13. The molecule has 0 fully saturated rings. The molecular weight excluding hydrogens is 224 g/mol. The normalized spacial score (nSPS) is 9.67. The first-order valence-electron chi connectivity index (χ1n) is 5.64. The van der Waals surface area contributed by atoms with Crippen molar-refractivity contribution in [2.75, 3.05) is 19.0 Å². The Hall–Kier alpha value is -2.45. The molecule has 0 aliphatic carbocycles. The highest BCUT2D eigenvalue weighted by Crippen LogP contribution is 2.31. The molecule has 18 heavy (non-hydrogen) atoms. The van der Waals surface area contributed by atoms with Crippen LogP contribution in [0.4, 0.5) is 11.4 Å². The highest BCUT2D eigenvalue weighted by Gasteiger charge is 2.03. The van der Waals surface area contributed by atoms with Gasteiger partial charge in [0, 0.05) is 30.4 Å². The first kappa shape index (κ1) is 12.0. The molecular formula is C14H14N4. The lowest BCUT2D eigenvalue weighted by molar-refractivity contribution is 1.13. The van der Waals surface area contributed by atoms with Crippen LogP contribution in [0.5, 0.6) is 0 Å². The number of azide groups is 1. The second-order valence-electron chi connectivity index (χ2n) is 4.15. The smallest absolute Gasteiger partial charge is 0.0453 e. The molecule has 0 radical (unpaired) electrons. The van der Waals surface area contributed by atoms with Crippen LogP contribution in [0.1, 0.15) is 0 Å². The van der Waals surface area contributed by atoms with E-state index in [0.29, 0.717) is 5.69 Å². The summed E-state index contributed by atoms with van der Waals surface area (Å²) in [6.45, 7) is 0. The number of rotatable bonds is 3. The second kappa shape index (κ2) is 5.25. The van der Waals surface area contributed by atoms with E-state index in [-0.39, 0.29) is 0 Å². The molecule has 0 heterocycles. The Morgan fingerprint density at radius 2 is 1.67 bits per heavy atom. The van der Waals surface area contributed by atoms with Gasteiger partial charge in [-0.3, -0.25) is 0 Å². The molecule has 2 rings (SSSR count). The zero-order chi connectivity index (χ0) is 13.0. The maximum absolute atomic E-state index is 8.56. The topological polar surface area (TPSA) is 52.0 Å². The molecule has 0 unspecified atom stereocenters. The highest BCUT2D eigenvalue weighted by molar-refractivity contribution is 5.76. The van der Waals surface area contributed by atoms with Crippen LogP contribution in [0.15, 0.2) is 53.6 Å². The predicted molar refractivity (Wildman–Crippen MR) is 75.0 cm³/mol. The first-order valence-corrected chi connectivity index (χ1v) is 5.64. The third-order valence-corrected chi connectivity index (χ3v) is 2.75. The molecule has 4 nitrogen and oxygen atoms in total. The summed E-state index contributed by atoms with van der Waals surface area (Å²) in [4.78, 5) is 4.90. The van der Waals surface area contributed by atoms with E-state index in [9.17, 15) is 0 Å². The van der Waals surface area contributed by atoms with Crippen molar-refractivity contribution in [3.05, 3.63) is 59.0 Å². The minimum absolute atomic E-state index is 0.651. The summed E-state index contributed by atoms with van der Waals surface area (Å²) in [5.41, 5.74) is 12.3. The van der Waals surface area contributed by atoms with Crippen molar-refractivity contribution in [2.24, 2.45) is 5.11 Å². The molecule has 4 heteroatoms. The van der Waals surface area contributed by atoms with E-state index in [0.717, 1.165) is 16.8 Å². The summed E-state index contributed by atoms with van der Waals surface area (Å²) in [5.74, 6) is 0. The third-order valence-electron chi connectivity index (χ3n) is 2.75. The van der Waals surface area contributed by atoms with E-state index in [1.165, 1.54) is 0 Å². The lowest BCUT2D eigenvalue weighted by atomic mass is 10.0. The van der Waals surface area contributed by atoms with Gasteiger partial charge in [-0.2, -0.15) is 0 Å². The van der Waals surface area contributed by atoms with E-state index in [4.69, 9.17) is 5.53 Å². The van der Waals surface area contributed by atoms with Gasteiger partial charge in [0.15, 0.2) is 0 Å². The molecule has 0 saturated heterocycles. The minimum Gasteiger partial charge on any atom is -0.378 e. The van der Waals surface area contributed by atoms with Crippen LogP contribution in [-0.4, -0.2) is 14.1 Å². The van der Waals surface area contributed by atoms with Crippen molar-refractivity contribution >= 4 is 11.4 Å². The number of anilines is 1. The van der Waals surface area contributed by atoms with Crippen molar-refractivity contribution in [1.82, 2.24) is 0 Å². The Balaban J connectivity index is 2.45. The maximum atomic E-state index is 8.56. The average Bonchev–Trinajstić information content (AvgIpc) is 2.40. The first-order chi connectivity index (χ1) is 8.72. The summed E-state index contributed by atoms with van der Waals surface area (Å²) >= 11 is 0. The molecule has 0 atom stereocenters. The van der Waals surface area contributed by atoms with Gasteiger partial charge < -0.3 is 4.90 Å². The van der Waals surface area contributed by atoms with Crippen molar-refractivity contribution in [3.63, 3.8) is 0 Å². The Morgan fingerprint density at radius 1 is 1.00 bits per heavy atom. The molecule has 0 spiro atoms. The molecule has 0 bridgehead atoms. The van der Waals surface area contributed by atoms with Gasteiger partial charge in [0.25, 0.3) is 0 Å². The number of nitrogens with zero attached hydrogens (tertiary/aromatic N) is 4. The van der Waals surface area contributed by atoms with Crippen LogP contribution >= 0.6 is 0 Å². The number of benzene rings is 2. The Labute approximate surface area is 106 Å². The van der Waals surface area contributed by atoms with Crippen LogP contribution in [0.2, 0.25) is 0 Å². The largest absolute Gasteiger partial charge is 0.378 e. The standard InChI is InChI=1S/C14H14N4/c1-18(2)12-9-7-11(8-10-12)13-5-3-4-6-14(13)16-17-15/h3-10H,1-2H3. The van der Waals surface area contributed by atoms with Crippen LogP contribution in [-0.2, 0) is 0 Å². The Bertz CT molecular complexity index is 581. The van der Waals surface area contributed by atoms with Crippen LogP contribution in [0.25, 0.3) is 21.6 Å². The van der Waals surface area contributed by atoms with E-state index in [1.54, 1.807) is 0 Å². The summed E-state index contributed by atoms with van der Waals surface area (Å²) < 4.78 is 0. The minimum atomic E-state index is 0.651. The quantitative estimate of drug-likeness (QED) is 0.445. The summed E-state index contributed by atoms with van der Waals surface area (Å²) in [5, 5.41) is 3.71. The molecule has 0 saturated carbocycles. The van der Waals surface area contributed by atoms with Gasteiger partial charge in [0.05, 0.1) is 0 Å². The Morgan fingerprint density at radius 3 is 2.28 bits per heavy atom. The predicted octanol–water partition coefficient (Wildman–Crippen LogP) is 4.36. The highest BCUT2D eigenvalue weighted by atomic mass is 15.1. The van der Waals surface area contributed by atoms with Crippen molar-refractivity contribution < 1.29 is 0 Å². The van der Waals surface area contributed by atoms with Gasteiger partial charge in [0.1, 0.15) is 0 Å². The average molecular weight is 238 g/mol. The molecule has 0 N–H and O–H groups in total. The van der Waals surface area contributed by atoms with Crippen LogP contribution in [0.3, 0.4) is 0 Å². The molecule has 0 aliphatic heterocycles. The molecule has 2 aromatic rings. The van der Waals surface area contributed by atoms with Gasteiger partial charge >= 0.3 is 0 Å². The van der Waals surface area contributed by atoms with E-state index in [2.05, 4.69) is 10.0 Å². The Kier molecular flexibility index (Phi) is 3.51. The molecule has 2 aromatic carbocycles. The zero-order valence-corrected chi connectivity index (χ0v) is 10.4. The van der Waals surface area contributed by atoms with Crippen LogP contribution < -0.4 is 4.90 Å². The fourth-order valence-electron chi connectivity index (χ4n) is 1.79. The van der Waals surface area contributed by atoms with Gasteiger partial charge in [-0.25, -0.2) is 0 Å². The third kappa shape index (κ3) is 2.44. The SMILES string of the molecule is CN(C)c1ccc(-c2ccccc2N=[N+]=[N-])cc1. The summed E-state index contributed by atoms with van der Waals surface area (Å²) in [6, 6.07) is 15.7. The molecule has 0 aromatic heterocycles. The van der Waals surface area contributed by atoms with Gasteiger partial charge in [-0.15, -0.1) is 0 Å². The van der Waals surface area contributed by atoms with Crippen molar-refractivity contribution in [1.29, 1.82) is 0 Å². The van der Waals surface area contributed by atoms with Gasteiger partial charge in [0.2, 0.25) is 0 Å². The molecule has 0 amide bonds. The summed E-state index contributed by atoms with van der Waals surface area (Å²) in [6.07, 6.45) is 0. The molecule has 90 valence electrons. The zero-order valence-electron chi connectivity index (χ0n) is 10.4. The van der Waals surface area contributed by atoms with Crippen LogP contribution in [0, 0.1) is 0 Å². The fourth-order valence-corrected chi connectivity index (χ4v) is 1.79. The van der Waals surface area contributed by atoms with Crippen molar-refractivity contribution in [2.45, 2.75) is 0 Å². The monoisotopic (exact) mass is 238 g/mol. The van der Waals surface area contributed by atoms with Gasteiger partial charge in [-0.05, 0) is 28.8 Å². The van der Waals surface area contributed by atoms with Gasteiger partial charge in [-0.1, -0.05) is 41.5 Å².